The summed E-state index contributed by atoms with van der Waals surface area (Å²) in [6, 6.07) is 0. The van der Waals surface area contributed by atoms with E-state index in [1.807, 2.05) is 13.8 Å². The lowest BCUT2D eigenvalue weighted by molar-refractivity contribution is -0.157. The van der Waals surface area contributed by atoms with Crippen molar-refractivity contribution in [2.75, 3.05) is 13.2 Å². The second-order valence-electron chi connectivity index (χ2n) is 4.84. The lowest BCUT2D eigenvalue weighted by Crippen LogP contribution is -2.56. The summed E-state index contributed by atoms with van der Waals surface area (Å²) in [6.07, 6.45) is -2.93. The maximum Gasteiger partial charge on any atom is 0.401 e. The van der Waals surface area contributed by atoms with Crippen molar-refractivity contribution in [2.45, 2.75) is 58.7 Å². The molecule has 0 aliphatic rings. The zero-order valence-electron chi connectivity index (χ0n) is 12.1. The summed E-state index contributed by atoms with van der Waals surface area (Å²) in [6.45, 7) is 6.18. The maximum atomic E-state index is 12.4. The number of rotatable bonds is 8. The molecule has 2 unspecified atom stereocenters. The number of hydrogen-bond donors (Lipinski definition) is 1. The lowest BCUT2D eigenvalue weighted by atomic mass is 9.84. The molecule has 0 radical (unpaired) electrons. The van der Waals surface area contributed by atoms with Gasteiger partial charge in [0, 0.05) is 0 Å². The predicted octanol–water partition coefficient (Wildman–Crippen LogP) is 3.29. The fourth-order valence-corrected chi connectivity index (χ4v) is 1.92. The Morgan fingerprint density at radius 3 is 2.21 bits per heavy atom. The van der Waals surface area contributed by atoms with Gasteiger partial charge in [-0.05, 0) is 25.7 Å². The Morgan fingerprint density at radius 1 is 1.26 bits per heavy atom. The van der Waals surface area contributed by atoms with Crippen molar-refractivity contribution < 1.29 is 22.7 Å². The molecule has 0 aromatic carbocycles. The van der Waals surface area contributed by atoms with Crippen LogP contribution in [0, 0.1) is 5.92 Å². The number of hydrogen-bond acceptors (Lipinski definition) is 3. The summed E-state index contributed by atoms with van der Waals surface area (Å²) >= 11 is 0. The summed E-state index contributed by atoms with van der Waals surface area (Å²) in [7, 11) is 0. The van der Waals surface area contributed by atoms with Gasteiger partial charge in [0.2, 0.25) is 0 Å². The molecule has 0 fully saturated rings. The molecule has 1 N–H and O–H groups in total. The van der Waals surface area contributed by atoms with Crippen LogP contribution in [0.25, 0.3) is 0 Å². The molecular weight excluding hydrogens is 259 g/mol. The third-order valence-corrected chi connectivity index (χ3v) is 3.29. The third kappa shape index (κ3) is 6.27. The van der Waals surface area contributed by atoms with E-state index in [1.54, 1.807) is 13.8 Å². The summed E-state index contributed by atoms with van der Waals surface area (Å²) in [5, 5.41) is 2.37. The van der Waals surface area contributed by atoms with Crippen LogP contribution < -0.4 is 5.32 Å². The first-order valence-corrected chi connectivity index (χ1v) is 6.69. The van der Waals surface area contributed by atoms with Crippen LogP contribution in [0.2, 0.25) is 0 Å². The van der Waals surface area contributed by atoms with Crippen LogP contribution in [0.15, 0.2) is 0 Å². The fraction of sp³-hybridized carbons (Fsp3) is 0.923. The van der Waals surface area contributed by atoms with E-state index in [-0.39, 0.29) is 18.9 Å². The average molecular weight is 283 g/mol. The molecule has 19 heavy (non-hydrogen) atoms. The van der Waals surface area contributed by atoms with Crippen molar-refractivity contribution in [3.63, 3.8) is 0 Å². The van der Waals surface area contributed by atoms with Crippen molar-refractivity contribution in [3.05, 3.63) is 0 Å². The molecule has 0 spiro atoms. The first-order valence-electron chi connectivity index (χ1n) is 6.69. The van der Waals surface area contributed by atoms with Crippen LogP contribution in [-0.2, 0) is 9.53 Å². The van der Waals surface area contributed by atoms with Crippen LogP contribution in [0.3, 0.4) is 0 Å². The quantitative estimate of drug-likeness (QED) is 0.695. The highest BCUT2D eigenvalue weighted by atomic mass is 19.4. The molecule has 0 heterocycles. The molecule has 0 aromatic rings. The predicted molar refractivity (Wildman–Crippen MR) is 67.8 cm³/mol. The smallest absolute Gasteiger partial charge is 0.401 e. The average Bonchev–Trinajstić information content (AvgIpc) is 2.33. The number of nitrogens with one attached hydrogen (secondary N) is 1. The number of esters is 1. The van der Waals surface area contributed by atoms with Gasteiger partial charge in [0.1, 0.15) is 5.54 Å². The van der Waals surface area contributed by atoms with Crippen LogP contribution >= 0.6 is 0 Å². The zero-order valence-corrected chi connectivity index (χ0v) is 12.1. The van der Waals surface area contributed by atoms with E-state index in [2.05, 4.69) is 5.32 Å². The first-order chi connectivity index (χ1) is 8.70. The molecule has 0 amide bonds. The van der Waals surface area contributed by atoms with Crippen molar-refractivity contribution >= 4 is 5.97 Å². The summed E-state index contributed by atoms with van der Waals surface area (Å²) in [5.41, 5.74) is -1.25. The van der Waals surface area contributed by atoms with Gasteiger partial charge in [-0.15, -0.1) is 0 Å². The van der Waals surface area contributed by atoms with E-state index in [0.717, 1.165) is 6.42 Å². The Balaban J connectivity index is 4.99. The van der Waals surface area contributed by atoms with Gasteiger partial charge in [-0.1, -0.05) is 27.2 Å². The largest absolute Gasteiger partial charge is 0.465 e. The molecule has 0 saturated heterocycles. The van der Waals surface area contributed by atoms with Crippen LogP contribution in [0.5, 0.6) is 0 Å². The highest BCUT2D eigenvalue weighted by Crippen LogP contribution is 2.26. The lowest BCUT2D eigenvalue weighted by Gasteiger charge is -2.34. The third-order valence-electron chi connectivity index (χ3n) is 3.29. The summed E-state index contributed by atoms with van der Waals surface area (Å²) in [5.74, 6) is -0.452. The van der Waals surface area contributed by atoms with Gasteiger partial charge in [-0.3, -0.25) is 10.1 Å². The normalized spacial score (nSPS) is 16.8. The Kier molecular flexibility index (Phi) is 7.41. The van der Waals surface area contributed by atoms with Gasteiger partial charge >= 0.3 is 12.1 Å². The Hall–Kier alpha value is -0.780. The van der Waals surface area contributed by atoms with Crippen molar-refractivity contribution in [2.24, 2.45) is 5.92 Å². The van der Waals surface area contributed by atoms with Gasteiger partial charge < -0.3 is 4.74 Å². The Morgan fingerprint density at radius 2 is 1.84 bits per heavy atom. The second kappa shape index (κ2) is 7.72. The molecular formula is C13H24F3NO2. The first kappa shape index (κ1) is 18.2. The van der Waals surface area contributed by atoms with Gasteiger partial charge in [0.15, 0.2) is 0 Å². The van der Waals surface area contributed by atoms with E-state index in [4.69, 9.17) is 4.74 Å². The van der Waals surface area contributed by atoms with Crippen LogP contribution in [-0.4, -0.2) is 30.8 Å². The zero-order chi connectivity index (χ0) is 15.1. The highest BCUT2D eigenvalue weighted by Gasteiger charge is 2.42. The van der Waals surface area contributed by atoms with E-state index >= 15 is 0 Å². The van der Waals surface area contributed by atoms with E-state index in [0.29, 0.717) is 6.42 Å². The minimum atomic E-state index is -4.34. The molecule has 6 heteroatoms. The minimum absolute atomic E-state index is 0.144. The second-order valence-corrected chi connectivity index (χ2v) is 4.84. The van der Waals surface area contributed by atoms with E-state index in [9.17, 15) is 18.0 Å². The number of alkyl halides is 3. The van der Waals surface area contributed by atoms with E-state index < -0.39 is 24.2 Å². The molecule has 0 aromatic heterocycles. The number of ether oxygens (including phenoxy) is 1. The molecule has 0 rings (SSSR count). The summed E-state index contributed by atoms with van der Waals surface area (Å²) < 4.78 is 42.1. The number of carbonyl (C=O) groups is 1. The van der Waals surface area contributed by atoms with Crippen LogP contribution in [0.1, 0.15) is 47.0 Å². The standard InChI is InChI=1S/C13H24F3NO2/c1-5-10(4)8-12(6-2,11(18)19-7-3)17-9-13(14,15)16/h10,17H,5-9H2,1-4H3. The van der Waals surface area contributed by atoms with Gasteiger partial charge in [-0.25, -0.2) is 0 Å². The van der Waals surface area contributed by atoms with Crippen molar-refractivity contribution in [1.82, 2.24) is 5.32 Å². The van der Waals surface area contributed by atoms with Crippen molar-refractivity contribution in [1.29, 1.82) is 0 Å². The molecule has 0 aliphatic heterocycles. The van der Waals surface area contributed by atoms with Gasteiger partial charge in [0.25, 0.3) is 0 Å². The van der Waals surface area contributed by atoms with Crippen LogP contribution in [0.4, 0.5) is 13.2 Å². The molecule has 2 atom stereocenters. The topological polar surface area (TPSA) is 38.3 Å². The Labute approximate surface area is 112 Å². The fourth-order valence-electron chi connectivity index (χ4n) is 1.92. The highest BCUT2D eigenvalue weighted by molar-refractivity contribution is 5.80. The molecule has 0 bridgehead atoms. The minimum Gasteiger partial charge on any atom is -0.465 e. The summed E-state index contributed by atoms with van der Waals surface area (Å²) in [4.78, 5) is 12.0. The number of halogens is 3. The Bertz CT molecular complexity index is 282. The van der Waals surface area contributed by atoms with Gasteiger partial charge in [0.05, 0.1) is 13.2 Å². The van der Waals surface area contributed by atoms with E-state index in [1.165, 1.54) is 0 Å². The maximum absolute atomic E-state index is 12.4. The molecule has 0 aliphatic carbocycles. The van der Waals surface area contributed by atoms with Crippen molar-refractivity contribution in [3.8, 4) is 0 Å². The molecule has 114 valence electrons. The molecule has 3 nitrogen and oxygen atoms in total. The SMILES string of the molecule is CCOC(=O)C(CC)(CC(C)CC)NCC(F)(F)F. The number of carbonyl (C=O) groups excluding carboxylic acids is 1. The monoisotopic (exact) mass is 283 g/mol. The molecule has 0 saturated carbocycles. The van der Waals surface area contributed by atoms with Gasteiger partial charge in [-0.2, -0.15) is 13.2 Å².